The lowest BCUT2D eigenvalue weighted by Gasteiger charge is -2.21. The van der Waals surface area contributed by atoms with Gasteiger partial charge in [0.05, 0.1) is 5.57 Å². The summed E-state index contributed by atoms with van der Waals surface area (Å²) in [6, 6.07) is 0. The largest absolute Gasteiger partial charge is 0.352 e. The molecule has 0 saturated carbocycles. The molecule has 0 fully saturated rings. The van der Waals surface area contributed by atoms with Crippen LogP contribution in [-0.2, 0) is 4.79 Å². The third-order valence-electron chi connectivity index (χ3n) is 2.30. The van der Waals surface area contributed by atoms with Crippen LogP contribution in [0.15, 0.2) is 48.5 Å². The van der Waals surface area contributed by atoms with Crippen molar-refractivity contribution in [1.82, 2.24) is 10.2 Å². The normalized spacial score (nSPS) is 15.6. The number of likely N-dealkylation sites (N-methyl/N-ethyl adjacent to an activating group) is 1. The summed E-state index contributed by atoms with van der Waals surface area (Å²) in [5, 5.41) is 2.78. The first-order valence-electron chi connectivity index (χ1n) is 5.88. The van der Waals surface area contributed by atoms with Crippen LogP contribution in [0.5, 0.6) is 0 Å². The number of nitrogens with zero attached hydrogens (tertiary/aromatic N) is 1. The van der Waals surface area contributed by atoms with Crippen LogP contribution in [-0.4, -0.2) is 17.4 Å². The van der Waals surface area contributed by atoms with Crippen molar-refractivity contribution in [3.63, 3.8) is 0 Å². The lowest BCUT2D eigenvalue weighted by Crippen LogP contribution is -2.26. The number of allylic oxidation sites excluding steroid dienone is 2. The molecule has 0 bridgehead atoms. The predicted octanol–water partition coefficient (Wildman–Crippen LogP) is 2.56. The summed E-state index contributed by atoms with van der Waals surface area (Å²) in [7, 11) is 0. The summed E-state index contributed by atoms with van der Waals surface area (Å²) < 4.78 is 0. The molecule has 0 radical (unpaired) electrons. The highest BCUT2D eigenvalue weighted by atomic mass is 16.1. The Bertz CT molecular complexity index is 389. The van der Waals surface area contributed by atoms with Crippen molar-refractivity contribution in [2.24, 2.45) is 5.92 Å². The number of nitrogens with one attached hydrogen (secondary N) is 1. The van der Waals surface area contributed by atoms with Crippen molar-refractivity contribution in [1.29, 1.82) is 0 Å². The van der Waals surface area contributed by atoms with Crippen molar-refractivity contribution >= 4 is 5.91 Å². The molecular formula is C14H20N2O. The fraction of sp³-hybridized carbons (Fsp3) is 0.357. The van der Waals surface area contributed by atoms with Gasteiger partial charge in [0.2, 0.25) is 0 Å². The highest BCUT2D eigenvalue weighted by Gasteiger charge is 2.12. The summed E-state index contributed by atoms with van der Waals surface area (Å²) in [5.74, 6) is 0.411. The van der Waals surface area contributed by atoms with E-state index in [1.54, 1.807) is 12.3 Å². The zero-order valence-electron chi connectivity index (χ0n) is 10.7. The number of hydrogen-bond donors (Lipinski definition) is 1. The first kappa shape index (κ1) is 13.3. The van der Waals surface area contributed by atoms with Crippen molar-refractivity contribution < 1.29 is 4.79 Å². The van der Waals surface area contributed by atoms with Crippen LogP contribution in [0.25, 0.3) is 0 Å². The van der Waals surface area contributed by atoms with Crippen LogP contribution in [0.2, 0.25) is 0 Å². The van der Waals surface area contributed by atoms with E-state index in [-0.39, 0.29) is 5.91 Å². The summed E-state index contributed by atoms with van der Waals surface area (Å²) in [5.41, 5.74) is 1.50. The van der Waals surface area contributed by atoms with Gasteiger partial charge in [-0.3, -0.25) is 4.79 Å². The van der Waals surface area contributed by atoms with Gasteiger partial charge < -0.3 is 10.2 Å². The number of carbonyl (C=O) groups excluding carboxylic acids is 1. The second-order valence-electron chi connectivity index (χ2n) is 4.26. The van der Waals surface area contributed by atoms with Crippen LogP contribution in [0.4, 0.5) is 0 Å². The van der Waals surface area contributed by atoms with Gasteiger partial charge in [0.15, 0.2) is 0 Å². The van der Waals surface area contributed by atoms with Crippen LogP contribution >= 0.6 is 0 Å². The molecule has 0 saturated heterocycles. The van der Waals surface area contributed by atoms with Gasteiger partial charge >= 0.3 is 0 Å². The molecule has 0 unspecified atom stereocenters. The number of amides is 1. The van der Waals surface area contributed by atoms with E-state index in [2.05, 4.69) is 31.8 Å². The van der Waals surface area contributed by atoms with E-state index >= 15 is 0 Å². The van der Waals surface area contributed by atoms with E-state index in [0.29, 0.717) is 18.0 Å². The van der Waals surface area contributed by atoms with Crippen LogP contribution in [0, 0.1) is 5.92 Å². The van der Waals surface area contributed by atoms with Gasteiger partial charge in [-0.2, -0.15) is 0 Å². The maximum Gasteiger partial charge on any atom is 0.252 e. The van der Waals surface area contributed by atoms with Gasteiger partial charge in [-0.25, -0.2) is 0 Å². The molecule has 1 aliphatic heterocycles. The Hall–Kier alpha value is -1.77. The minimum Gasteiger partial charge on any atom is -0.352 e. The van der Waals surface area contributed by atoms with E-state index < -0.39 is 0 Å². The lowest BCUT2D eigenvalue weighted by molar-refractivity contribution is -0.117. The molecule has 0 atom stereocenters. The fourth-order valence-electron chi connectivity index (χ4n) is 1.35. The van der Waals surface area contributed by atoms with Crippen molar-refractivity contribution in [2.75, 3.05) is 6.54 Å². The minimum atomic E-state index is -0.0563. The van der Waals surface area contributed by atoms with Gasteiger partial charge in [0.1, 0.15) is 0 Å². The fourth-order valence-corrected chi connectivity index (χ4v) is 1.35. The monoisotopic (exact) mass is 232 g/mol. The lowest BCUT2D eigenvalue weighted by atomic mass is 10.1. The van der Waals surface area contributed by atoms with Gasteiger partial charge in [-0.1, -0.05) is 26.5 Å². The number of hydrogen-bond acceptors (Lipinski definition) is 2. The summed E-state index contributed by atoms with van der Waals surface area (Å²) >= 11 is 0. The SMILES string of the molecule is C=C1C=CC(C(=O)NCC)=CN1/C=C\C(C)C. The number of rotatable bonds is 4. The van der Waals surface area contributed by atoms with Crippen molar-refractivity contribution in [2.45, 2.75) is 20.8 Å². The Balaban J connectivity index is 2.81. The van der Waals surface area contributed by atoms with Gasteiger partial charge in [-0.05, 0) is 25.0 Å². The molecule has 1 rings (SSSR count). The molecule has 0 aromatic carbocycles. The van der Waals surface area contributed by atoms with E-state index in [0.717, 1.165) is 5.70 Å². The first-order valence-corrected chi connectivity index (χ1v) is 5.88. The Morgan fingerprint density at radius 3 is 2.82 bits per heavy atom. The van der Waals surface area contributed by atoms with E-state index in [1.807, 2.05) is 24.1 Å². The summed E-state index contributed by atoms with van der Waals surface area (Å²) in [6.07, 6.45) is 9.43. The molecule has 1 N–H and O–H groups in total. The molecule has 0 aliphatic carbocycles. The quantitative estimate of drug-likeness (QED) is 0.808. The molecule has 0 spiro atoms. The Labute approximate surface area is 103 Å². The third-order valence-corrected chi connectivity index (χ3v) is 2.30. The predicted molar refractivity (Wildman–Crippen MR) is 70.9 cm³/mol. The first-order chi connectivity index (χ1) is 8.04. The Morgan fingerprint density at radius 2 is 2.24 bits per heavy atom. The Morgan fingerprint density at radius 1 is 1.53 bits per heavy atom. The average Bonchev–Trinajstić information content (AvgIpc) is 2.28. The Kier molecular flexibility index (Phi) is 4.76. The van der Waals surface area contributed by atoms with E-state index in [1.165, 1.54) is 0 Å². The minimum absolute atomic E-state index is 0.0563. The molecule has 92 valence electrons. The molecule has 1 amide bonds. The van der Waals surface area contributed by atoms with Crippen LogP contribution in [0.1, 0.15) is 20.8 Å². The average molecular weight is 232 g/mol. The summed E-state index contributed by atoms with van der Waals surface area (Å²) in [4.78, 5) is 13.5. The molecule has 3 heteroatoms. The van der Waals surface area contributed by atoms with Gasteiger partial charge in [0.25, 0.3) is 5.91 Å². The highest BCUT2D eigenvalue weighted by Crippen LogP contribution is 2.16. The second-order valence-corrected chi connectivity index (χ2v) is 4.26. The van der Waals surface area contributed by atoms with Gasteiger partial charge in [-0.15, -0.1) is 0 Å². The number of carbonyl (C=O) groups is 1. The molecule has 1 heterocycles. The second kappa shape index (κ2) is 6.09. The van der Waals surface area contributed by atoms with Crippen molar-refractivity contribution in [3.8, 4) is 0 Å². The van der Waals surface area contributed by atoms with Gasteiger partial charge in [0, 0.05) is 24.6 Å². The molecule has 0 aromatic heterocycles. The highest BCUT2D eigenvalue weighted by molar-refractivity contribution is 5.96. The molecule has 1 aliphatic rings. The topological polar surface area (TPSA) is 32.3 Å². The van der Waals surface area contributed by atoms with E-state index in [9.17, 15) is 4.79 Å². The zero-order chi connectivity index (χ0) is 12.8. The van der Waals surface area contributed by atoms with E-state index in [4.69, 9.17) is 0 Å². The smallest absolute Gasteiger partial charge is 0.252 e. The third kappa shape index (κ3) is 3.94. The van der Waals surface area contributed by atoms with Crippen LogP contribution < -0.4 is 5.32 Å². The maximum absolute atomic E-state index is 11.7. The van der Waals surface area contributed by atoms with Crippen LogP contribution in [0.3, 0.4) is 0 Å². The standard InChI is InChI=1S/C14H20N2O/c1-5-15-14(17)13-7-6-12(4)16(10-13)9-8-11(2)3/h6-11H,4-5H2,1-3H3,(H,15,17)/b9-8-. The maximum atomic E-state index is 11.7. The molecular weight excluding hydrogens is 212 g/mol. The molecule has 3 nitrogen and oxygen atoms in total. The molecule has 0 aromatic rings. The summed E-state index contributed by atoms with van der Waals surface area (Å²) in [6.45, 7) is 10.7. The molecule has 17 heavy (non-hydrogen) atoms. The zero-order valence-corrected chi connectivity index (χ0v) is 10.7. The van der Waals surface area contributed by atoms with Crippen molar-refractivity contribution in [3.05, 3.63) is 48.5 Å².